The van der Waals surface area contributed by atoms with Gasteiger partial charge in [0.2, 0.25) is 0 Å². The van der Waals surface area contributed by atoms with E-state index in [0.717, 1.165) is 11.1 Å². The van der Waals surface area contributed by atoms with Crippen LogP contribution in [0.5, 0.6) is 0 Å². The van der Waals surface area contributed by atoms with Gasteiger partial charge in [-0.25, -0.2) is 0 Å². The molecule has 0 aliphatic rings. The fourth-order valence-electron chi connectivity index (χ4n) is 1.62. The van der Waals surface area contributed by atoms with Crippen LogP contribution < -0.4 is 0 Å². The minimum Gasteiger partial charge on any atom is -0.255 e. The van der Waals surface area contributed by atoms with E-state index in [4.69, 9.17) is 11.6 Å². The molecule has 0 aliphatic carbocycles. The Balaban J connectivity index is 2.73. The standard InChI is InChI=1S/C14H9ClN2/c1-2-10-7-8-17-14(12(10)9-16)11-5-3-4-6-13(11)15/h2-8H,1H2. The van der Waals surface area contributed by atoms with Crippen molar-refractivity contribution >= 4 is 17.7 Å². The molecule has 0 atom stereocenters. The molecule has 3 heteroatoms. The summed E-state index contributed by atoms with van der Waals surface area (Å²) >= 11 is 6.11. The summed E-state index contributed by atoms with van der Waals surface area (Å²) in [5.41, 5.74) is 2.61. The van der Waals surface area contributed by atoms with Gasteiger partial charge in [0.25, 0.3) is 0 Å². The Bertz CT molecular complexity index is 612. The average molecular weight is 241 g/mol. The predicted octanol–water partition coefficient (Wildman–Crippen LogP) is 3.92. The van der Waals surface area contributed by atoms with Gasteiger partial charge in [-0.2, -0.15) is 5.26 Å². The molecule has 1 heterocycles. The minimum absolute atomic E-state index is 0.496. The Morgan fingerprint density at radius 2 is 2.06 bits per heavy atom. The van der Waals surface area contributed by atoms with Crippen LogP contribution in [0.1, 0.15) is 11.1 Å². The van der Waals surface area contributed by atoms with Gasteiger partial charge in [0.1, 0.15) is 6.07 Å². The van der Waals surface area contributed by atoms with Gasteiger partial charge >= 0.3 is 0 Å². The average Bonchev–Trinajstić information content (AvgIpc) is 2.38. The number of halogens is 1. The summed E-state index contributed by atoms with van der Waals surface area (Å²) < 4.78 is 0. The number of hydrogen-bond acceptors (Lipinski definition) is 2. The van der Waals surface area contributed by atoms with Gasteiger partial charge in [-0.15, -0.1) is 0 Å². The second-order valence-corrected chi connectivity index (χ2v) is 3.83. The van der Waals surface area contributed by atoms with E-state index in [0.29, 0.717) is 16.3 Å². The van der Waals surface area contributed by atoms with Crippen LogP contribution in [0.2, 0.25) is 5.02 Å². The molecular formula is C14H9ClN2. The van der Waals surface area contributed by atoms with Crippen LogP contribution in [0.3, 0.4) is 0 Å². The summed E-state index contributed by atoms with van der Waals surface area (Å²) in [6, 6.07) is 11.2. The van der Waals surface area contributed by atoms with Crippen molar-refractivity contribution in [1.82, 2.24) is 4.98 Å². The van der Waals surface area contributed by atoms with Crippen LogP contribution >= 0.6 is 11.6 Å². The minimum atomic E-state index is 0.496. The first-order valence-corrected chi connectivity index (χ1v) is 5.42. The second-order valence-electron chi connectivity index (χ2n) is 3.42. The van der Waals surface area contributed by atoms with Gasteiger partial charge in [0.15, 0.2) is 0 Å². The summed E-state index contributed by atoms with van der Waals surface area (Å²) in [6.45, 7) is 3.68. The third-order valence-electron chi connectivity index (χ3n) is 2.44. The molecule has 0 fully saturated rings. The summed E-state index contributed by atoms with van der Waals surface area (Å²) in [5, 5.41) is 9.78. The first-order chi connectivity index (χ1) is 8.27. The zero-order valence-electron chi connectivity index (χ0n) is 9.02. The van der Waals surface area contributed by atoms with Gasteiger partial charge in [-0.1, -0.05) is 42.5 Å². The maximum Gasteiger partial charge on any atom is 0.102 e. The first kappa shape index (κ1) is 11.4. The molecule has 82 valence electrons. The molecule has 0 saturated heterocycles. The molecule has 0 spiro atoms. The van der Waals surface area contributed by atoms with Crippen molar-refractivity contribution in [3.63, 3.8) is 0 Å². The highest BCUT2D eigenvalue weighted by Gasteiger charge is 2.11. The lowest BCUT2D eigenvalue weighted by Gasteiger charge is -2.07. The molecule has 2 rings (SSSR count). The summed E-state index contributed by atoms with van der Waals surface area (Å²) in [6.07, 6.45) is 3.29. The molecule has 2 nitrogen and oxygen atoms in total. The second kappa shape index (κ2) is 4.82. The maximum atomic E-state index is 9.20. The van der Waals surface area contributed by atoms with Crippen LogP contribution in [0.25, 0.3) is 17.3 Å². The largest absolute Gasteiger partial charge is 0.255 e. The summed E-state index contributed by atoms with van der Waals surface area (Å²) in [5.74, 6) is 0. The zero-order chi connectivity index (χ0) is 12.3. The topological polar surface area (TPSA) is 36.7 Å². The van der Waals surface area contributed by atoms with E-state index < -0.39 is 0 Å². The van der Waals surface area contributed by atoms with Crippen molar-refractivity contribution in [2.45, 2.75) is 0 Å². The van der Waals surface area contributed by atoms with E-state index in [2.05, 4.69) is 17.6 Å². The molecular weight excluding hydrogens is 232 g/mol. The third kappa shape index (κ3) is 2.06. The van der Waals surface area contributed by atoms with Crippen LogP contribution in [-0.2, 0) is 0 Å². The Hall–Kier alpha value is -2.11. The van der Waals surface area contributed by atoms with E-state index in [9.17, 15) is 5.26 Å². The fourth-order valence-corrected chi connectivity index (χ4v) is 1.85. The van der Waals surface area contributed by atoms with Gasteiger partial charge in [-0.05, 0) is 17.7 Å². The molecule has 17 heavy (non-hydrogen) atoms. The highest BCUT2D eigenvalue weighted by Crippen LogP contribution is 2.29. The van der Waals surface area contributed by atoms with Crippen molar-refractivity contribution < 1.29 is 0 Å². The van der Waals surface area contributed by atoms with E-state index in [1.165, 1.54) is 0 Å². The molecule has 1 aromatic heterocycles. The summed E-state index contributed by atoms with van der Waals surface area (Å²) in [7, 11) is 0. The van der Waals surface area contributed by atoms with Gasteiger partial charge in [0.05, 0.1) is 16.3 Å². The summed E-state index contributed by atoms with van der Waals surface area (Å²) in [4.78, 5) is 4.23. The lowest BCUT2D eigenvalue weighted by molar-refractivity contribution is 1.29. The number of pyridine rings is 1. The normalized spacial score (nSPS) is 9.65. The van der Waals surface area contributed by atoms with Crippen molar-refractivity contribution in [1.29, 1.82) is 5.26 Å². The van der Waals surface area contributed by atoms with E-state index in [-0.39, 0.29) is 0 Å². The molecule has 0 aliphatic heterocycles. The Labute approximate surface area is 105 Å². The third-order valence-corrected chi connectivity index (χ3v) is 2.77. The SMILES string of the molecule is C=Cc1ccnc(-c2ccccc2Cl)c1C#N. The van der Waals surface area contributed by atoms with Crippen molar-refractivity contribution in [3.8, 4) is 17.3 Å². The highest BCUT2D eigenvalue weighted by molar-refractivity contribution is 6.33. The number of benzene rings is 1. The maximum absolute atomic E-state index is 9.20. The first-order valence-electron chi connectivity index (χ1n) is 5.04. The molecule has 0 saturated carbocycles. The number of hydrogen-bond donors (Lipinski definition) is 0. The Morgan fingerprint density at radius 1 is 1.29 bits per heavy atom. The van der Waals surface area contributed by atoms with Crippen LogP contribution in [0, 0.1) is 11.3 Å². The number of nitrogens with zero attached hydrogens (tertiary/aromatic N) is 2. The zero-order valence-corrected chi connectivity index (χ0v) is 9.78. The molecule has 0 amide bonds. The molecule has 0 N–H and O–H groups in total. The molecule has 0 radical (unpaired) electrons. The Kier molecular flexibility index (Phi) is 3.22. The fraction of sp³-hybridized carbons (Fsp3) is 0. The molecule has 2 aromatic rings. The van der Waals surface area contributed by atoms with E-state index >= 15 is 0 Å². The lowest BCUT2D eigenvalue weighted by Crippen LogP contribution is -1.92. The van der Waals surface area contributed by atoms with Crippen LogP contribution in [-0.4, -0.2) is 4.98 Å². The van der Waals surface area contributed by atoms with Crippen molar-refractivity contribution in [2.75, 3.05) is 0 Å². The lowest BCUT2D eigenvalue weighted by atomic mass is 10.0. The van der Waals surface area contributed by atoms with E-state index in [1.54, 1.807) is 24.4 Å². The van der Waals surface area contributed by atoms with Crippen molar-refractivity contribution in [2.24, 2.45) is 0 Å². The quantitative estimate of drug-likeness (QED) is 0.798. The van der Waals surface area contributed by atoms with Gasteiger partial charge < -0.3 is 0 Å². The number of aromatic nitrogens is 1. The predicted molar refractivity (Wildman–Crippen MR) is 69.5 cm³/mol. The van der Waals surface area contributed by atoms with Gasteiger partial charge in [0, 0.05) is 11.8 Å². The highest BCUT2D eigenvalue weighted by atomic mass is 35.5. The number of nitriles is 1. The molecule has 0 bridgehead atoms. The van der Waals surface area contributed by atoms with Crippen LogP contribution in [0.15, 0.2) is 43.1 Å². The molecule has 0 unspecified atom stereocenters. The molecule has 1 aromatic carbocycles. The monoisotopic (exact) mass is 240 g/mol. The van der Waals surface area contributed by atoms with Crippen LogP contribution in [0.4, 0.5) is 0 Å². The number of rotatable bonds is 2. The Morgan fingerprint density at radius 3 is 2.71 bits per heavy atom. The smallest absolute Gasteiger partial charge is 0.102 e. The van der Waals surface area contributed by atoms with Crippen molar-refractivity contribution in [3.05, 3.63) is 59.3 Å². The van der Waals surface area contributed by atoms with E-state index in [1.807, 2.05) is 18.2 Å². The van der Waals surface area contributed by atoms with Gasteiger partial charge in [-0.3, -0.25) is 4.98 Å².